The van der Waals surface area contributed by atoms with Crippen LogP contribution < -0.4 is 0 Å². The summed E-state index contributed by atoms with van der Waals surface area (Å²) in [6.07, 6.45) is 1.25. The summed E-state index contributed by atoms with van der Waals surface area (Å²) in [5, 5.41) is 9.30. The summed E-state index contributed by atoms with van der Waals surface area (Å²) < 4.78 is 0. The first-order valence-corrected chi connectivity index (χ1v) is 5.76. The number of aromatic nitrogens is 1. The molecule has 0 radical (unpaired) electrons. The van der Waals surface area contributed by atoms with Crippen LogP contribution in [0.25, 0.3) is 0 Å². The second-order valence-electron chi connectivity index (χ2n) is 4.22. The first kappa shape index (κ1) is 14.7. The molecular formula is C11H12Cl2N2O3. The van der Waals surface area contributed by atoms with Crippen molar-refractivity contribution in [3.05, 3.63) is 28.0 Å². The average molecular weight is 291 g/mol. The Morgan fingerprint density at radius 3 is 2.44 bits per heavy atom. The molecule has 0 aliphatic heterocycles. The molecule has 0 unspecified atom stereocenters. The lowest BCUT2D eigenvalue weighted by Gasteiger charge is -2.31. The van der Waals surface area contributed by atoms with Crippen LogP contribution in [0, 0.1) is 0 Å². The van der Waals surface area contributed by atoms with Crippen molar-refractivity contribution in [3.63, 3.8) is 0 Å². The fraction of sp³-hybridized carbons (Fsp3) is 0.364. The van der Waals surface area contributed by atoms with Crippen LogP contribution in [0.4, 0.5) is 0 Å². The van der Waals surface area contributed by atoms with Crippen LogP contribution in [0.1, 0.15) is 24.2 Å². The van der Waals surface area contributed by atoms with Gasteiger partial charge in [0.25, 0.3) is 5.91 Å². The van der Waals surface area contributed by atoms with Crippen molar-refractivity contribution in [2.75, 3.05) is 7.05 Å². The molecule has 1 heterocycles. The van der Waals surface area contributed by atoms with Crippen LogP contribution in [0.3, 0.4) is 0 Å². The predicted octanol–water partition coefficient (Wildman–Crippen LogP) is 2.32. The molecule has 1 aromatic heterocycles. The number of likely N-dealkylation sites (N-methyl/N-ethyl adjacent to an activating group) is 1. The summed E-state index contributed by atoms with van der Waals surface area (Å²) in [5.74, 6) is -1.65. The predicted molar refractivity (Wildman–Crippen MR) is 68.1 cm³/mol. The van der Waals surface area contributed by atoms with Gasteiger partial charge in [-0.3, -0.25) is 4.79 Å². The zero-order chi connectivity index (χ0) is 14.1. The van der Waals surface area contributed by atoms with Gasteiger partial charge in [-0.25, -0.2) is 9.78 Å². The Kier molecular flexibility index (Phi) is 4.19. The number of carbonyl (C=O) groups is 2. The van der Waals surface area contributed by atoms with Gasteiger partial charge in [0.1, 0.15) is 10.7 Å². The molecule has 0 atom stereocenters. The number of nitrogens with zero attached hydrogens (tertiary/aromatic N) is 2. The highest BCUT2D eigenvalue weighted by Crippen LogP contribution is 2.23. The van der Waals surface area contributed by atoms with E-state index in [1.165, 1.54) is 33.2 Å². The average Bonchev–Trinajstić information content (AvgIpc) is 2.30. The van der Waals surface area contributed by atoms with Crippen LogP contribution in [0.2, 0.25) is 10.2 Å². The van der Waals surface area contributed by atoms with E-state index in [-0.39, 0.29) is 15.7 Å². The topological polar surface area (TPSA) is 70.5 Å². The van der Waals surface area contributed by atoms with E-state index in [1.54, 1.807) is 0 Å². The largest absolute Gasteiger partial charge is 0.480 e. The number of hydrogen-bond donors (Lipinski definition) is 1. The fourth-order valence-corrected chi connectivity index (χ4v) is 1.50. The van der Waals surface area contributed by atoms with Gasteiger partial charge in [0.2, 0.25) is 0 Å². The SMILES string of the molecule is CN(C(=O)c1cc(Cl)ncc1Cl)C(C)(C)C(=O)O. The van der Waals surface area contributed by atoms with Gasteiger partial charge in [0.15, 0.2) is 0 Å². The van der Waals surface area contributed by atoms with Gasteiger partial charge in [-0.05, 0) is 19.9 Å². The molecule has 1 amide bonds. The highest BCUT2D eigenvalue weighted by atomic mass is 35.5. The molecule has 1 N–H and O–H groups in total. The van der Waals surface area contributed by atoms with Crippen LogP contribution >= 0.6 is 23.2 Å². The third kappa shape index (κ3) is 2.73. The second kappa shape index (κ2) is 5.12. The van der Waals surface area contributed by atoms with Crippen molar-refractivity contribution in [1.82, 2.24) is 9.88 Å². The van der Waals surface area contributed by atoms with Crippen molar-refractivity contribution < 1.29 is 14.7 Å². The lowest BCUT2D eigenvalue weighted by atomic mass is 10.0. The Morgan fingerprint density at radius 1 is 1.39 bits per heavy atom. The van der Waals surface area contributed by atoms with E-state index in [0.717, 1.165) is 4.90 Å². The summed E-state index contributed by atoms with van der Waals surface area (Å²) in [6.45, 7) is 2.84. The smallest absolute Gasteiger partial charge is 0.329 e. The maximum atomic E-state index is 12.2. The summed E-state index contributed by atoms with van der Waals surface area (Å²) in [5.41, 5.74) is -1.23. The lowest BCUT2D eigenvalue weighted by Crippen LogP contribution is -2.50. The van der Waals surface area contributed by atoms with Crippen molar-refractivity contribution in [2.24, 2.45) is 0 Å². The fourth-order valence-electron chi connectivity index (χ4n) is 1.16. The molecule has 98 valence electrons. The molecule has 0 aliphatic rings. The zero-order valence-corrected chi connectivity index (χ0v) is 11.6. The quantitative estimate of drug-likeness (QED) is 0.868. The first-order chi connectivity index (χ1) is 8.17. The first-order valence-electron chi connectivity index (χ1n) is 5.00. The molecule has 1 rings (SSSR count). The number of hydrogen-bond acceptors (Lipinski definition) is 3. The Morgan fingerprint density at radius 2 is 1.94 bits per heavy atom. The van der Waals surface area contributed by atoms with E-state index < -0.39 is 17.4 Å². The normalized spacial score (nSPS) is 11.2. The molecule has 0 saturated heterocycles. The monoisotopic (exact) mass is 290 g/mol. The molecule has 1 aromatic rings. The van der Waals surface area contributed by atoms with Gasteiger partial charge < -0.3 is 10.0 Å². The number of pyridine rings is 1. The molecule has 7 heteroatoms. The summed E-state index contributed by atoms with van der Waals surface area (Å²) in [6, 6.07) is 1.31. The van der Waals surface area contributed by atoms with Gasteiger partial charge in [-0.15, -0.1) is 0 Å². The van der Waals surface area contributed by atoms with Crippen LogP contribution in [0.15, 0.2) is 12.3 Å². The van der Waals surface area contributed by atoms with Crippen molar-refractivity contribution in [1.29, 1.82) is 0 Å². The number of carbonyl (C=O) groups excluding carboxylic acids is 1. The van der Waals surface area contributed by atoms with Gasteiger partial charge in [-0.1, -0.05) is 23.2 Å². The zero-order valence-electron chi connectivity index (χ0n) is 10.1. The molecular weight excluding hydrogens is 279 g/mol. The minimum Gasteiger partial charge on any atom is -0.480 e. The van der Waals surface area contributed by atoms with Crippen molar-refractivity contribution in [2.45, 2.75) is 19.4 Å². The number of rotatable bonds is 3. The highest BCUT2D eigenvalue weighted by Gasteiger charge is 2.36. The minimum absolute atomic E-state index is 0.115. The minimum atomic E-state index is -1.35. The molecule has 0 aromatic carbocycles. The summed E-state index contributed by atoms with van der Waals surface area (Å²) >= 11 is 11.5. The van der Waals surface area contributed by atoms with E-state index in [2.05, 4.69) is 4.98 Å². The Hall–Kier alpha value is -1.33. The second-order valence-corrected chi connectivity index (χ2v) is 5.01. The van der Waals surface area contributed by atoms with Crippen LogP contribution in [-0.2, 0) is 4.79 Å². The third-order valence-electron chi connectivity index (χ3n) is 2.72. The van der Waals surface area contributed by atoms with Crippen LogP contribution in [-0.4, -0.2) is 39.5 Å². The number of halogens is 2. The van der Waals surface area contributed by atoms with E-state index in [9.17, 15) is 9.59 Å². The number of amides is 1. The molecule has 0 spiro atoms. The molecule has 0 fully saturated rings. The summed E-state index contributed by atoms with van der Waals surface area (Å²) in [7, 11) is 1.39. The van der Waals surface area contributed by atoms with Gasteiger partial charge in [0, 0.05) is 13.2 Å². The van der Waals surface area contributed by atoms with Gasteiger partial charge >= 0.3 is 5.97 Å². The third-order valence-corrected chi connectivity index (χ3v) is 3.23. The standard InChI is InChI=1S/C11H12Cl2N2O3/c1-11(2,10(17)18)15(3)9(16)6-4-8(13)14-5-7(6)12/h4-5H,1-3H3,(H,17,18). The van der Waals surface area contributed by atoms with Crippen molar-refractivity contribution >= 4 is 35.1 Å². The maximum absolute atomic E-state index is 12.2. The van der Waals surface area contributed by atoms with Crippen molar-refractivity contribution in [3.8, 4) is 0 Å². The molecule has 18 heavy (non-hydrogen) atoms. The number of carboxylic acid groups (broad SMARTS) is 1. The Labute approximate surface area is 114 Å². The molecule has 0 bridgehead atoms. The Balaban J connectivity index is 3.15. The molecule has 5 nitrogen and oxygen atoms in total. The summed E-state index contributed by atoms with van der Waals surface area (Å²) in [4.78, 5) is 28.1. The number of aliphatic carboxylic acids is 1. The Bertz CT molecular complexity index is 503. The van der Waals surface area contributed by atoms with Crippen LogP contribution in [0.5, 0.6) is 0 Å². The van der Waals surface area contributed by atoms with E-state index >= 15 is 0 Å². The molecule has 0 aliphatic carbocycles. The lowest BCUT2D eigenvalue weighted by molar-refractivity contribution is -0.147. The van der Waals surface area contributed by atoms with E-state index in [4.69, 9.17) is 28.3 Å². The molecule has 0 saturated carbocycles. The van der Waals surface area contributed by atoms with E-state index in [1.807, 2.05) is 0 Å². The van der Waals surface area contributed by atoms with Gasteiger partial charge in [0.05, 0.1) is 10.6 Å². The number of carboxylic acids is 1. The highest BCUT2D eigenvalue weighted by molar-refractivity contribution is 6.35. The van der Waals surface area contributed by atoms with E-state index in [0.29, 0.717) is 0 Å². The maximum Gasteiger partial charge on any atom is 0.329 e. The van der Waals surface area contributed by atoms with Gasteiger partial charge in [-0.2, -0.15) is 0 Å².